The summed E-state index contributed by atoms with van der Waals surface area (Å²) in [6.45, 7) is 0.684. The molecule has 7 nitrogen and oxygen atoms in total. The van der Waals surface area contributed by atoms with Crippen LogP contribution in [-0.2, 0) is 21.2 Å². The van der Waals surface area contributed by atoms with Crippen LogP contribution in [0.5, 0.6) is 0 Å². The second-order valence-corrected chi connectivity index (χ2v) is 10.5. The van der Waals surface area contributed by atoms with Crippen LogP contribution in [0.25, 0.3) is 0 Å². The van der Waals surface area contributed by atoms with Crippen molar-refractivity contribution in [2.75, 3.05) is 30.9 Å². The maximum Gasteiger partial charge on any atom is 0.255 e. The Morgan fingerprint density at radius 2 is 1.71 bits per heavy atom. The van der Waals surface area contributed by atoms with E-state index in [9.17, 15) is 18.0 Å². The lowest BCUT2D eigenvalue weighted by Crippen LogP contribution is -2.33. The van der Waals surface area contributed by atoms with E-state index < -0.39 is 10.0 Å². The number of benzene rings is 2. The normalized spacial score (nSPS) is 16.5. The highest BCUT2D eigenvalue weighted by molar-refractivity contribution is 7.89. The molecule has 2 amide bonds. The van der Waals surface area contributed by atoms with E-state index in [0.717, 1.165) is 47.7 Å². The number of rotatable bonds is 5. The van der Waals surface area contributed by atoms with Gasteiger partial charge in [-0.1, -0.05) is 18.9 Å². The molecule has 1 fully saturated rings. The highest BCUT2D eigenvalue weighted by atomic mass is 32.2. The molecule has 0 saturated heterocycles. The monoisotopic (exact) mass is 441 g/mol. The average molecular weight is 442 g/mol. The van der Waals surface area contributed by atoms with Gasteiger partial charge >= 0.3 is 0 Å². The Balaban J connectivity index is 1.50. The predicted octanol–water partition coefficient (Wildman–Crippen LogP) is 3.27. The summed E-state index contributed by atoms with van der Waals surface area (Å²) in [6.07, 6.45) is 4.97. The van der Waals surface area contributed by atoms with Gasteiger partial charge in [0.05, 0.1) is 4.90 Å². The van der Waals surface area contributed by atoms with Crippen molar-refractivity contribution < 1.29 is 18.0 Å². The number of anilines is 2. The van der Waals surface area contributed by atoms with Crippen molar-refractivity contribution in [3.05, 3.63) is 53.6 Å². The largest absolute Gasteiger partial charge is 0.322 e. The van der Waals surface area contributed by atoms with E-state index in [1.54, 1.807) is 0 Å². The van der Waals surface area contributed by atoms with E-state index in [0.29, 0.717) is 17.8 Å². The first kappa shape index (κ1) is 21.5. The third kappa shape index (κ3) is 4.22. The van der Waals surface area contributed by atoms with Crippen LogP contribution >= 0.6 is 0 Å². The second-order valence-electron chi connectivity index (χ2n) is 8.33. The molecule has 0 bridgehead atoms. The number of hydrogen-bond donors (Lipinski definition) is 1. The summed E-state index contributed by atoms with van der Waals surface area (Å²) in [5.74, 6) is -0.0287. The van der Waals surface area contributed by atoms with Crippen LogP contribution < -0.4 is 10.2 Å². The van der Waals surface area contributed by atoms with Gasteiger partial charge in [-0.3, -0.25) is 9.59 Å². The molecule has 164 valence electrons. The lowest BCUT2D eigenvalue weighted by atomic mass is 10.1. The number of nitrogens with zero attached hydrogens (tertiary/aromatic N) is 2. The van der Waals surface area contributed by atoms with Gasteiger partial charge < -0.3 is 10.2 Å². The smallest absolute Gasteiger partial charge is 0.255 e. The highest BCUT2D eigenvalue weighted by Crippen LogP contribution is 2.35. The number of carbonyl (C=O) groups is 2. The standard InChI is InChI=1S/C23H27N3O4S/c1-25(2)31(29,30)20-11-8-17(9-12-20)22(27)24-19-10-7-16-13-14-26(21(16)15-19)23(28)18-5-3-4-6-18/h7-12,15,18H,3-6,13-14H2,1-2H3,(H,24,27). The molecule has 31 heavy (non-hydrogen) atoms. The van der Waals surface area contributed by atoms with E-state index in [1.807, 2.05) is 23.1 Å². The summed E-state index contributed by atoms with van der Waals surface area (Å²) in [5, 5.41) is 2.86. The van der Waals surface area contributed by atoms with Gasteiger partial charge in [-0.25, -0.2) is 12.7 Å². The van der Waals surface area contributed by atoms with Gasteiger partial charge in [0.2, 0.25) is 15.9 Å². The van der Waals surface area contributed by atoms with Crippen molar-refractivity contribution >= 4 is 33.2 Å². The summed E-state index contributed by atoms with van der Waals surface area (Å²) < 4.78 is 25.5. The van der Waals surface area contributed by atoms with E-state index in [-0.39, 0.29) is 22.6 Å². The fourth-order valence-electron chi connectivity index (χ4n) is 4.27. The number of sulfonamides is 1. The minimum absolute atomic E-state index is 0.112. The molecule has 2 aromatic rings. The number of carbonyl (C=O) groups excluding carboxylic acids is 2. The minimum atomic E-state index is -3.54. The van der Waals surface area contributed by atoms with Crippen LogP contribution in [-0.4, -0.2) is 45.2 Å². The molecule has 1 aliphatic heterocycles. The fraction of sp³-hybridized carbons (Fsp3) is 0.391. The Kier molecular flexibility index (Phi) is 5.85. The molecule has 0 unspecified atom stereocenters. The van der Waals surface area contributed by atoms with Crippen molar-refractivity contribution in [1.82, 2.24) is 4.31 Å². The first-order valence-electron chi connectivity index (χ1n) is 10.6. The summed E-state index contributed by atoms with van der Waals surface area (Å²) in [6, 6.07) is 11.5. The molecule has 0 atom stereocenters. The van der Waals surface area contributed by atoms with Crippen molar-refractivity contribution in [2.45, 2.75) is 37.0 Å². The maximum atomic E-state index is 12.9. The van der Waals surface area contributed by atoms with Crippen LogP contribution in [0.1, 0.15) is 41.6 Å². The molecular formula is C23H27N3O4S. The molecular weight excluding hydrogens is 414 g/mol. The van der Waals surface area contributed by atoms with E-state index in [2.05, 4.69) is 5.32 Å². The summed E-state index contributed by atoms with van der Waals surface area (Å²) >= 11 is 0. The molecule has 8 heteroatoms. The Morgan fingerprint density at radius 1 is 1.03 bits per heavy atom. The molecule has 4 rings (SSSR count). The van der Waals surface area contributed by atoms with Gasteiger partial charge in [0, 0.05) is 43.5 Å². The van der Waals surface area contributed by atoms with Gasteiger partial charge in [-0.2, -0.15) is 0 Å². The van der Waals surface area contributed by atoms with E-state index >= 15 is 0 Å². The third-order valence-corrected chi connectivity index (χ3v) is 7.93. The molecule has 2 aromatic carbocycles. The molecule has 1 N–H and O–H groups in total. The molecule has 1 saturated carbocycles. The van der Waals surface area contributed by atoms with Crippen molar-refractivity contribution in [2.24, 2.45) is 5.92 Å². The SMILES string of the molecule is CN(C)S(=O)(=O)c1ccc(C(=O)Nc2ccc3c(c2)N(C(=O)C2CCCC2)CC3)cc1. The zero-order chi connectivity index (χ0) is 22.2. The number of hydrogen-bond acceptors (Lipinski definition) is 4. The van der Waals surface area contributed by atoms with Gasteiger partial charge in [-0.15, -0.1) is 0 Å². The van der Waals surface area contributed by atoms with Crippen molar-refractivity contribution in [3.8, 4) is 0 Å². The maximum absolute atomic E-state index is 12.9. The van der Waals surface area contributed by atoms with Gasteiger partial charge in [-0.05, 0) is 61.2 Å². The molecule has 1 heterocycles. The lowest BCUT2D eigenvalue weighted by Gasteiger charge is -2.21. The average Bonchev–Trinajstić information content (AvgIpc) is 3.43. The van der Waals surface area contributed by atoms with Crippen LogP contribution in [0.4, 0.5) is 11.4 Å². The number of amides is 2. The molecule has 0 radical (unpaired) electrons. The third-order valence-electron chi connectivity index (χ3n) is 6.10. The highest BCUT2D eigenvalue weighted by Gasteiger charge is 2.32. The van der Waals surface area contributed by atoms with Crippen LogP contribution in [0.2, 0.25) is 0 Å². The van der Waals surface area contributed by atoms with Crippen molar-refractivity contribution in [1.29, 1.82) is 0 Å². The summed E-state index contributed by atoms with van der Waals surface area (Å²) in [4.78, 5) is 27.6. The quantitative estimate of drug-likeness (QED) is 0.772. The Morgan fingerprint density at radius 3 is 2.35 bits per heavy atom. The molecule has 1 aliphatic carbocycles. The van der Waals surface area contributed by atoms with Gasteiger partial charge in [0.1, 0.15) is 0 Å². The van der Waals surface area contributed by atoms with Gasteiger partial charge in [0.25, 0.3) is 5.91 Å². The molecule has 0 aromatic heterocycles. The van der Waals surface area contributed by atoms with Crippen LogP contribution in [0.3, 0.4) is 0 Å². The molecule has 0 spiro atoms. The second kappa shape index (κ2) is 8.43. The number of fused-ring (bicyclic) bond motifs is 1. The first-order chi connectivity index (χ1) is 14.8. The predicted molar refractivity (Wildman–Crippen MR) is 120 cm³/mol. The van der Waals surface area contributed by atoms with Crippen LogP contribution in [0.15, 0.2) is 47.4 Å². The zero-order valence-electron chi connectivity index (χ0n) is 17.8. The Labute approximate surface area is 183 Å². The first-order valence-corrected chi connectivity index (χ1v) is 12.0. The lowest BCUT2D eigenvalue weighted by molar-refractivity contribution is -0.122. The zero-order valence-corrected chi connectivity index (χ0v) is 18.6. The Bertz CT molecular complexity index is 1100. The van der Waals surface area contributed by atoms with E-state index in [1.165, 1.54) is 38.4 Å². The Hall–Kier alpha value is -2.71. The van der Waals surface area contributed by atoms with Crippen molar-refractivity contribution in [3.63, 3.8) is 0 Å². The summed E-state index contributed by atoms with van der Waals surface area (Å²) in [5.41, 5.74) is 2.96. The van der Waals surface area contributed by atoms with E-state index in [4.69, 9.17) is 0 Å². The minimum Gasteiger partial charge on any atom is -0.322 e. The summed E-state index contributed by atoms with van der Waals surface area (Å²) in [7, 11) is -0.617. The van der Waals surface area contributed by atoms with Crippen LogP contribution in [0, 0.1) is 5.92 Å². The fourth-order valence-corrected chi connectivity index (χ4v) is 5.17. The van der Waals surface area contributed by atoms with Gasteiger partial charge in [0.15, 0.2) is 0 Å². The molecule has 2 aliphatic rings. The number of nitrogens with one attached hydrogen (secondary N) is 1. The topological polar surface area (TPSA) is 86.8 Å².